The van der Waals surface area contributed by atoms with Crippen LogP contribution in [0.5, 0.6) is 0 Å². The summed E-state index contributed by atoms with van der Waals surface area (Å²) >= 11 is 0. The summed E-state index contributed by atoms with van der Waals surface area (Å²) in [5, 5.41) is 3.42. The predicted molar refractivity (Wildman–Crippen MR) is 173 cm³/mol. The summed E-state index contributed by atoms with van der Waals surface area (Å²) in [6.07, 6.45) is 1.29. The number of nitrogens with one attached hydrogen (secondary N) is 1. The minimum absolute atomic E-state index is 0.0292. The molecule has 0 fully saturated rings. The standard InChI is InChI=1S/C34H55N3O9/c1-32(2,3)44-27(38)21-14-13-19-25(29(40)45-33(4,5)6)28(39)37(35)26(30(41)43-23-24-17-11-10-12-18-24)20-15-16-22-36-31(42)46-34(7,8)9/h10-12,17-18,25-26H,13-16,19-23,35H2,1-9H3,(H,36,42)/t25-,26-/m0/s1. The molecule has 0 radical (unpaired) electrons. The SMILES string of the molecule is CC(C)(C)OC(=O)CCCC[C@H](C(=O)OC(C)(C)C)C(=O)N(N)[C@@H](CCCCNC(=O)OC(C)(C)C)C(=O)OCc1ccccc1. The molecule has 0 unspecified atom stereocenters. The number of ether oxygens (including phenoxy) is 4. The largest absolute Gasteiger partial charge is 0.460 e. The van der Waals surface area contributed by atoms with Crippen molar-refractivity contribution in [3.05, 3.63) is 35.9 Å². The summed E-state index contributed by atoms with van der Waals surface area (Å²) in [6, 6.07) is 7.85. The van der Waals surface area contributed by atoms with E-state index in [1.54, 1.807) is 74.4 Å². The van der Waals surface area contributed by atoms with E-state index in [0.717, 1.165) is 10.6 Å². The molecule has 1 aromatic rings. The summed E-state index contributed by atoms with van der Waals surface area (Å²) in [6.45, 7) is 15.9. The van der Waals surface area contributed by atoms with Crippen LogP contribution in [0.2, 0.25) is 0 Å². The van der Waals surface area contributed by atoms with E-state index in [1.165, 1.54) is 0 Å². The van der Waals surface area contributed by atoms with Crippen LogP contribution in [0, 0.1) is 5.92 Å². The van der Waals surface area contributed by atoms with Crippen LogP contribution in [0.15, 0.2) is 30.3 Å². The van der Waals surface area contributed by atoms with Gasteiger partial charge in [-0.25, -0.2) is 15.4 Å². The van der Waals surface area contributed by atoms with Gasteiger partial charge >= 0.3 is 24.0 Å². The van der Waals surface area contributed by atoms with E-state index in [4.69, 9.17) is 24.8 Å². The third kappa shape index (κ3) is 17.7. The second kappa shape index (κ2) is 18.5. The number of hydrogen-bond acceptors (Lipinski definition) is 10. The lowest BCUT2D eigenvalue weighted by molar-refractivity contribution is -0.169. The zero-order valence-corrected chi connectivity index (χ0v) is 29.1. The first-order valence-electron chi connectivity index (χ1n) is 15.9. The molecule has 0 aromatic heterocycles. The molecular weight excluding hydrogens is 594 g/mol. The van der Waals surface area contributed by atoms with Gasteiger partial charge in [-0.15, -0.1) is 0 Å². The zero-order valence-electron chi connectivity index (χ0n) is 29.1. The molecule has 0 saturated carbocycles. The number of rotatable bonds is 16. The number of amides is 2. The minimum Gasteiger partial charge on any atom is -0.460 e. The van der Waals surface area contributed by atoms with Crippen LogP contribution in [0.3, 0.4) is 0 Å². The molecule has 2 amide bonds. The van der Waals surface area contributed by atoms with Crippen molar-refractivity contribution in [3.8, 4) is 0 Å². The third-order valence-corrected chi connectivity index (χ3v) is 6.19. The maximum Gasteiger partial charge on any atom is 0.407 e. The molecule has 3 N–H and O–H groups in total. The molecule has 0 heterocycles. The molecule has 0 bridgehead atoms. The Kier molecular flexibility index (Phi) is 16.2. The van der Waals surface area contributed by atoms with E-state index >= 15 is 0 Å². The number of benzene rings is 1. The Morgan fingerprint density at radius 2 is 1.30 bits per heavy atom. The Labute approximate surface area is 274 Å². The van der Waals surface area contributed by atoms with Gasteiger partial charge in [0.1, 0.15) is 35.4 Å². The predicted octanol–water partition coefficient (Wildman–Crippen LogP) is 5.36. The van der Waals surface area contributed by atoms with Crippen molar-refractivity contribution < 1.29 is 42.9 Å². The first-order chi connectivity index (χ1) is 21.2. The molecule has 12 heteroatoms. The maximum atomic E-state index is 13.7. The summed E-state index contributed by atoms with van der Waals surface area (Å²) in [4.78, 5) is 64.4. The van der Waals surface area contributed by atoms with E-state index in [2.05, 4.69) is 5.32 Å². The number of alkyl carbamates (subject to hydrolysis) is 1. The second-order valence-corrected chi connectivity index (χ2v) is 14.2. The first-order valence-corrected chi connectivity index (χ1v) is 15.9. The summed E-state index contributed by atoms with van der Waals surface area (Å²) < 4.78 is 21.6. The summed E-state index contributed by atoms with van der Waals surface area (Å²) in [5.74, 6) is 2.32. The molecule has 46 heavy (non-hydrogen) atoms. The third-order valence-electron chi connectivity index (χ3n) is 6.19. The van der Waals surface area contributed by atoms with Crippen LogP contribution in [-0.4, -0.2) is 64.3 Å². The number of carbonyl (C=O) groups excluding carboxylic acids is 5. The van der Waals surface area contributed by atoms with Crippen molar-refractivity contribution in [2.24, 2.45) is 11.8 Å². The van der Waals surface area contributed by atoms with Crippen molar-refractivity contribution in [2.75, 3.05) is 6.54 Å². The number of esters is 3. The highest BCUT2D eigenvalue weighted by Gasteiger charge is 2.38. The summed E-state index contributed by atoms with van der Waals surface area (Å²) in [5.41, 5.74) is -1.39. The van der Waals surface area contributed by atoms with Gasteiger partial charge in [0.2, 0.25) is 0 Å². The van der Waals surface area contributed by atoms with E-state index < -0.39 is 52.7 Å². The second-order valence-electron chi connectivity index (χ2n) is 14.2. The van der Waals surface area contributed by atoms with Gasteiger partial charge in [-0.3, -0.25) is 19.4 Å². The van der Waals surface area contributed by atoms with E-state index in [1.807, 2.05) is 18.2 Å². The van der Waals surface area contributed by atoms with Crippen molar-refractivity contribution >= 4 is 29.9 Å². The quantitative estimate of drug-likeness (QED) is 0.0453. The van der Waals surface area contributed by atoms with Gasteiger partial charge in [0.05, 0.1) is 0 Å². The van der Waals surface area contributed by atoms with Gasteiger partial charge in [-0.1, -0.05) is 36.8 Å². The molecule has 1 aromatic carbocycles. The molecule has 1 rings (SSSR count). The average molecular weight is 650 g/mol. The highest BCUT2D eigenvalue weighted by atomic mass is 16.6. The van der Waals surface area contributed by atoms with E-state index in [9.17, 15) is 24.0 Å². The fourth-order valence-corrected chi connectivity index (χ4v) is 4.22. The average Bonchev–Trinajstić information content (AvgIpc) is 2.90. The molecule has 0 aliphatic rings. The van der Waals surface area contributed by atoms with Crippen molar-refractivity contribution in [3.63, 3.8) is 0 Å². The number of carbonyl (C=O) groups is 5. The normalized spacial score (nSPS) is 13.2. The van der Waals surface area contributed by atoms with Crippen LogP contribution >= 0.6 is 0 Å². The molecule has 0 saturated heterocycles. The fraction of sp³-hybridized carbons (Fsp3) is 0.676. The van der Waals surface area contributed by atoms with E-state index in [-0.39, 0.29) is 38.4 Å². The lowest BCUT2D eigenvalue weighted by Gasteiger charge is -2.30. The van der Waals surface area contributed by atoms with E-state index in [0.29, 0.717) is 25.7 Å². The molecule has 12 nitrogen and oxygen atoms in total. The molecular formula is C34H55N3O9. The van der Waals surface area contributed by atoms with Crippen molar-refractivity contribution in [1.82, 2.24) is 10.3 Å². The van der Waals surface area contributed by atoms with Crippen LogP contribution < -0.4 is 11.2 Å². The Morgan fingerprint density at radius 3 is 1.87 bits per heavy atom. The van der Waals surface area contributed by atoms with Crippen LogP contribution in [0.4, 0.5) is 4.79 Å². The monoisotopic (exact) mass is 649 g/mol. The Bertz CT molecular complexity index is 1140. The van der Waals surface area contributed by atoms with Crippen molar-refractivity contribution in [2.45, 2.75) is 137 Å². The van der Waals surface area contributed by atoms with Gasteiger partial charge < -0.3 is 24.3 Å². The van der Waals surface area contributed by atoms with Crippen LogP contribution in [0.1, 0.15) is 113 Å². The first kappa shape index (κ1) is 40.4. The highest BCUT2D eigenvalue weighted by molar-refractivity contribution is 5.99. The smallest absolute Gasteiger partial charge is 0.407 e. The van der Waals surface area contributed by atoms with Gasteiger partial charge in [0.25, 0.3) is 5.91 Å². The van der Waals surface area contributed by atoms with Gasteiger partial charge in [-0.2, -0.15) is 0 Å². The Morgan fingerprint density at radius 1 is 0.739 bits per heavy atom. The number of hydrogen-bond donors (Lipinski definition) is 2. The molecule has 0 aliphatic heterocycles. The number of nitrogens with zero attached hydrogens (tertiary/aromatic N) is 1. The molecule has 0 spiro atoms. The van der Waals surface area contributed by atoms with Gasteiger partial charge in [0.15, 0.2) is 0 Å². The van der Waals surface area contributed by atoms with Gasteiger partial charge in [-0.05, 0) is 100.0 Å². The Hall–Kier alpha value is -3.67. The van der Waals surface area contributed by atoms with Crippen LogP contribution in [-0.2, 0) is 44.7 Å². The Balaban J connectivity index is 3.03. The lowest BCUT2D eigenvalue weighted by Crippen LogP contribution is -2.54. The lowest BCUT2D eigenvalue weighted by atomic mass is 9.98. The maximum absolute atomic E-state index is 13.7. The van der Waals surface area contributed by atoms with Crippen molar-refractivity contribution in [1.29, 1.82) is 0 Å². The number of unbranched alkanes of at least 4 members (excludes halogenated alkanes) is 2. The fourth-order valence-electron chi connectivity index (χ4n) is 4.22. The number of nitrogens with two attached hydrogens (primary N) is 1. The highest BCUT2D eigenvalue weighted by Crippen LogP contribution is 2.22. The number of hydrazine groups is 1. The minimum atomic E-state index is -1.30. The summed E-state index contributed by atoms with van der Waals surface area (Å²) in [7, 11) is 0. The molecule has 2 atom stereocenters. The van der Waals surface area contributed by atoms with Crippen LogP contribution in [0.25, 0.3) is 0 Å². The molecule has 260 valence electrons. The zero-order chi connectivity index (χ0) is 35.1. The van der Waals surface area contributed by atoms with Gasteiger partial charge in [0, 0.05) is 13.0 Å². The molecule has 0 aliphatic carbocycles. The topological polar surface area (TPSA) is 164 Å².